The summed E-state index contributed by atoms with van der Waals surface area (Å²) in [5.41, 5.74) is 9.81. The molecule has 5 nitrogen and oxygen atoms in total. The van der Waals surface area contributed by atoms with Gasteiger partial charge in [-0.25, -0.2) is 4.98 Å². The third-order valence-electron chi connectivity index (χ3n) is 2.57. The maximum atomic E-state index is 5.73. The third-order valence-corrected chi connectivity index (χ3v) is 2.57. The number of nitrogens with two attached hydrogens (primary N) is 1. The molecule has 0 fully saturated rings. The molecule has 5 heteroatoms. The largest absolute Gasteiger partial charge is 0.399 e. The molecule has 0 aliphatic rings. The fraction of sp³-hybridized carbons (Fsp3) is 0.0833. The summed E-state index contributed by atoms with van der Waals surface area (Å²) < 4.78 is 1.74. The Morgan fingerprint density at radius 1 is 1.18 bits per heavy atom. The highest BCUT2D eigenvalue weighted by Gasteiger charge is 2.04. The fourth-order valence-electron chi connectivity index (χ4n) is 1.72. The minimum absolute atomic E-state index is 0.690. The summed E-state index contributed by atoms with van der Waals surface area (Å²) in [6.45, 7) is 0. The van der Waals surface area contributed by atoms with Gasteiger partial charge in [-0.3, -0.25) is 9.67 Å². The fourth-order valence-corrected chi connectivity index (χ4v) is 1.72. The van der Waals surface area contributed by atoms with Crippen molar-refractivity contribution >= 4 is 16.7 Å². The maximum Gasteiger partial charge on any atom is 0.0924 e. The van der Waals surface area contributed by atoms with Gasteiger partial charge in [-0.05, 0) is 18.2 Å². The lowest BCUT2D eigenvalue weighted by Gasteiger charge is -2.00. The van der Waals surface area contributed by atoms with E-state index in [0.29, 0.717) is 5.69 Å². The number of anilines is 1. The molecule has 3 rings (SSSR count). The van der Waals surface area contributed by atoms with E-state index in [2.05, 4.69) is 15.1 Å². The van der Waals surface area contributed by atoms with Crippen LogP contribution in [0.3, 0.4) is 0 Å². The molecular weight excluding hydrogens is 214 g/mol. The predicted octanol–water partition coefficient (Wildman–Crippen LogP) is 1.61. The molecule has 3 aromatic rings. The second kappa shape index (κ2) is 3.55. The molecule has 0 amide bonds. The monoisotopic (exact) mass is 225 g/mol. The molecule has 0 aliphatic heterocycles. The number of benzene rings is 1. The Labute approximate surface area is 97.9 Å². The first-order valence-corrected chi connectivity index (χ1v) is 5.24. The number of hydrogen-bond donors (Lipinski definition) is 1. The molecule has 0 radical (unpaired) electrons. The van der Waals surface area contributed by atoms with Gasteiger partial charge in [0.05, 0.1) is 29.1 Å². The Morgan fingerprint density at radius 3 is 2.82 bits per heavy atom. The number of nitrogen functional groups attached to an aromatic ring is 1. The molecule has 0 saturated heterocycles. The van der Waals surface area contributed by atoms with E-state index < -0.39 is 0 Å². The number of aryl methyl sites for hydroxylation is 1. The van der Waals surface area contributed by atoms with Gasteiger partial charge in [0.2, 0.25) is 0 Å². The first-order chi connectivity index (χ1) is 8.22. The van der Waals surface area contributed by atoms with Crippen LogP contribution >= 0.6 is 0 Å². The highest BCUT2D eigenvalue weighted by molar-refractivity contribution is 5.80. The van der Waals surface area contributed by atoms with Crippen molar-refractivity contribution in [1.29, 1.82) is 0 Å². The van der Waals surface area contributed by atoms with Crippen LogP contribution in [-0.4, -0.2) is 19.7 Å². The standard InChI is InChI=1S/C12H11N5/c1-17-7-8(5-15-17)12-6-14-10-3-2-9(13)4-11(10)16-12/h2-7H,13H2,1H3. The quantitative estimate of drug-likeness (QED) is 0.639. The molecule has 84 valence electrons. The van der Waals surface area contributed by atoms with E-state index in [1.54, 1.807) is 17.1 Å². The Balaban J connectivity index is 2.18. The van der Waals surface area contributed by atoms with Gasteiger partial charge in [0.1, 0.15) is 0 Å². The minimum Gasteiger partial charge on any atom is -0.399 e. The number of rotatable bonds is 1. The van der Waals surface area contributed by atoms with Crippen molar-refractivity contribution in [3.05, 3.63) is 36.8 Å². The van der Waals surface area contributed by atoms with Crippen LogP contribution in [-0.2, 0) is 7.05 Å². The number of fused-ring (bicyclic) bond motifs is 1. The molecule has 0 aliphatic carbocycles. The normalized spacial score (nSPS) is 10.9. The smallest absolute Gasteiger partial charge is 0.0924 e. The van der Waals surface area contributed by atoms with Crippen LogP contribution in [0, 0.1) is 0 Å². The Morgan fingerprint density at radius 2 is 2.06 bits per heavy atom. The Kier molecular flexibility index (Phi) is 2.04. The van der Waals surface area contributed by atoms with E-state index in [-0.39, 0.29) is 0 Å². The molecule has 2 N–H and O–H groups in total. The molecule has 0 bridgehead atoms. The SMILES string of the molecule is Cn1cc(-c2cnc3ccc(N)cc3n2)cn1. The maximum absolute atomic E-state index is 5.73. The lowest BCUT2D eigenvalue weighted by Crippen LogP contribution is -1.90. The van der Waals surface area contributed by atoms with E-state index in [1.807, 2.05) is 31.4 Å². The molecule has 0 saturated carbocycles. The predicted molar refractivity (Wildman–Crippen MR) is 66.2 cm³/mol. The van der Waals surface area contributed by atoms with Crippen molar-refractivity contribution in [2.24, 2.45) is 7.05 Å². The van der Waals surface area contributed by atoms with Gasteiger partial charge in [0.15, 0.2) is 0 Å². The highest BCUT2D eigenvalue weighted by atomic mass is 15.2. The first kappa shape index (κ1) is 9.77. The second-order valence-corrected chi connectivity index (χ2v) is 3.91. The summed E-state index contributed by atoms with van der Waals surface area (Å²) >= 11 is 0. The molecule has 17 heavy (non-hydrogen) atoms. The van der Waals surface area contributed by atoms with Crippen LogP contribution in [0.2, 0.25) is 0 Å². The van der Waals surface area contributed by atoms with Gasteiger partial charge in [0, 0.05) is 24.5 Å². The third kappa shape index (κ3) is 1.71. The van der Waals surface area contributed by atoms with Crippen LogP contribution in [0.4, 0.5) is 5.69 Å². The topological polar surface area (TPSA) is 69.6 Å². The summed E-state index contributed by atoms with van der Waals surface area (Å²) in [5, 5.41) is 4.11. The zero-order valence-electron chi connectivity index (χ0n) is 9.33. The summed E-state index contributed by atoms with van der Waals surface area (Å²) in [7, 11) is 1.87. The van der Waals surface area contributed by atoms with Crippen molar-refractivity contribution in [3.8, 4) is 11.3 Å². The lowest BCUT2D eigenvalue weighted by atomic mass is 10.2. The summed E-state index contributed by atoms with van der Waals surface area (Å²) in [6, 6.07) is 5.51. The zero-order chi connectivity index (χ0) is 11.8. The van der Waals surface area contributed by atoms with Crippen molar-refractivity contribution in [3.63, 3.8) is 0 Å². The van der Waals surface area contributed by atoms with Gasteiger partial charge in [-0.2, -0.15) is 5.10 Å². The van der Waals surface area contributed by atoms with E-state index in [1.165, 1.54) is 0 Å². The van der Waals surface area contributed by atoms with E-state index >= 15 is 0 Å². The van der Waals surface area contributed by atoms with Crippen LogP contribution in [0.1, 0.15) is 0 Å². The molecule has 2 aromatic heterocycles. The summed E-state index contributed by atoms with van der Waals surface area (Å²) in [4.78, 5) is 8.88. The molecule has 0 atom stereocenters. The van der Waals surface area contributed by atoms with Crippen LogP contribution in [0.15, 0.2) is 36.8 Å². The average Bonchev–Trinajstić information content (AvgIpc) is 2.75. The first-order valence-electron chi connectivity index (χ1n) is 5.24. The van der Waals surface area contributed by atoms with Crippen molar-refractivity contribution in [2.45, 2.75) is 0 Å². The van der Waals surface area contributed by atoms with Crippen molar-refractivity contribution in [2.75, 3.05) is 5.73 Å². The Bertz CT molecular complexity index is 686. The van der Waals surface area contributed by atoms with E-state index in [9.17, 15) is 0 Å². The lowest BCUT2D eigenvalue weighted by molar-refractivity contribution is 0.768. The average molecular weight is 225 g/mol. The van der Waals surface area contributed by atoms with Crippen LogP contribution < -0.4 is 5.73 Å². The van der Waals surface area contributed by atoms with Gasteiger partial charge in [-0.1, -0.05) is 0 Å². The molecular formula is C12H11N5. The molecule has 2 heterocycles. The van der Waals surface area contributed by atoms with Crippen molar-refractivity contribution < 1.29 is 0 Å². The Hall–Kier alpha value is -2.43. The van der Waals surface area contributed by atoms with Crippen LogP contribution in [0.25, 0.3) is 22.3 Å². The number of aromatic nitrogens is 4. The van der Waals surface area contributed by atoms with E-state index in [0.717, 1.165) is 22.3 Å². The number of nitrogens with zero attached hydrogens (tertiary/aromatic N) is 4. The zero-order valence-corrected chi connectivity index (χ0v) is 9.33. The molecule has 0 unspecified atom stereocenters. The van der Waals surface area contributed by atoms with Gasteiger partial charge in [0.25, 0.3) is 0 Å². The summed E-state index contributed by atoms with van der Waals surface area (Å²) in [5.74, 6) is 0. The second-order valence-electron chi connectivity index (χ2n) is 3.91. The van der Waals surface area contributed by atoms with Gasteiger partial charge < -0.3 is 5.73 Å². The van der Waals surface area contributed by atoms with E-state index in [4.69, 9.17) is 5.73 Å². The molecule has 1 aromatic carbocycles. The van der Waals surface area contributed by atoms with Crippen molar-refractivity contribution in [1.82, 2.24) is 19.7 Å². The summed E-state index contributed by atoms with van der Waals surface area (Å²) in [6.07, 6.45) is 5.42. The minimum atomic E-state index is 0.690. The highest BCUT2D eigenvalue weighted by Crippen LogP contribution is 2.19. The van der Waals surface area contributed by atoms with Gasteiger partial charge >= 0.3 is 0 Å². The molecule has 0 spiro atoms. The van der Waals surface area contributed by atoms with Gasteiger partial charge in [-0.15, -0.1) is 0 Å². The number of hydrogen-bond acceptors (Lipinski definition) is 4. The van der Waals surface area contributed by atoms with Crippen LogP contribution in [0.5, 0.6) is 0 Å².